The summed E-state index contributed by atoms with van der Waals surface area (Å²) >= 11 is 0. The van der Waals surface area contributed by atoms with Gasteiger partial charge in [0.05, 0.1) is 6.10 Å². The van der Waals surface area contributed by atoms with E-state index in [-0.39, 0.29) is 16.9 Å². The summed E-state index contributed by atoms with van der Waals surface area (Å²) in [6, 6.07) is 0. The summed E-state index contributed by atoms with van der Waals surface area (Å²) in [7, 11) is 0. The highest BCUT2D eigenvalue weighted by Crippen LogP contribution is 2.55. The summed E-state index contributed by atoms with van der Waals surface area (Å²) in [4.78, 5) is 0. The molecule has 1 unspecified atom stereocenters. The molecule has 1 aliphatic rings. The first-order chi connectivity index (χ1) is 4.80. The zero-order valence-electron chi connectivity index (χ0n) is 8.31. The van der Waals surface area contributed by atoms with Crippen LogP contribution in [-0.2, 0) is 0 Å². The van der Waals surface area contributed by atoms with Crippen molar-refractivity contribution in [3.05, 3.63) is 0 Å². The molecule has 1 nitrogen and oxygen atoms in total. The molecule has 0 spiro atoms. The molecule has 1 saturated carbocycles. The molecule has 66 valence electrons. The molecule has 1 heteroatoms. The fraction of sp³-hybridized carbons (Fsp3) is 1.00. The molecule has 0 radical (unpaired) electrons. The van der Waals surface area contributed by atoms with Crippen LogP contribution in [0.4, 0.5) is 0 Å². The van der Waals surface area contributed by atoms with Crippen LogP contribution in [0, 0.1) is 16.7 Å². The van der Waals surface area contributed by atoms with Gasteiger partial charge < -0.3 is 5.11 Å². The monoisotopic (exact) mass is 156 g/mol. The Labute approximate surface area is 69.8 Å². The zero-order valence-corrected chi connectivity index (χ0v) is 8.31. The van der Waals surface area contributed by atoms with Crippen molar-refractivity contribution in [2.75, 3.05) is 0 Å². The second-order valence-corrected chi connectivity index (χ2v) is 5.10. The van der Waals surface area contributed by atoms with Crippen LogP contribution in [-0.4, -0.2) is 11.2 Å². The molecule has 0 aliphatic heterocycles. The summed E-state index contributed by atoms with van der Waals surface area (Å²) in [5.41, 5.74) is 0.346. The third-order valence-electron chi connectivity index (χ3n) is 4.30. The summed E-state index contributed by atoms with van der Waals surface area (Å²) < 4.78 is 0. The molecule has 11 heavy (non-hydrogen) atoms. The molecule has 2 atom stereocenters. The maximum atomic E-state index is 9.76. The predicted octanol–water partition coefficient (Wildman–Crippen LogP) is 2.44. The first-order valence-electron chi connectivity index (χ1n) is 4.48. The normalized spacial score (nSPS) is 40.9. The van der Waals surface area contributed by atoms with Gasteiger partial charge in [-0.25, -0.2) is 0 Å². The Morgan fingerprint density at radius 2 is 1.55 bits per heavy atom. The molecule has 0 bridgehead atoms. The van der Waals surface area contributed by atoms with E-state index in [0.717, 1.165) is 6.42 Å². The molecule has 0 aromatic carbocycles. The van der Waals surface area contributed by atoms with Gasteiger partial charge >= 0.3 is 0 Å². The lowest BCUT2D eigenvalue weighted by Gasteiger charge is -2.39. The van der Waals surface area contributed by atoms with Gasteiger partial charge in [0, 0.05) is 0 Å². The van der Waals surface area contributed by atoms with E-state index in [1.54, 1.807) is 0 Å². The third-order valence-corrected chi connectivity index (χ3v) is 4.30. The van der Waals surface area contributed by atoms with E-state index < -0.39 is 0 Å². The molecule has 0 heterocycles. The van der Waals surface area contributed by atoms with Crippen molar-refractivity contribution in [3.8, 4) is 0 Å². The molecular weight excluding hydrogens is 136 g/mol. The highest BCUT2D eigenvalue weighted by molar-refractivity contribution is 5.01. The van der Waals surface area contributed by atoms with Gasteiger partial charge in [0.25, 0.3) is 0 Å². The predicted molar refractivity (Wildman–Crippen MR) is 47.3 cm³/mol. The number of aliphatic hydroxyl groups excluding tert-OH is 1. The van der Waals surface area contributed by atoms with Crippen LogP contribution in [0.3, 0.4) is 0 Å². The summed E-state index contributed by atoms with van der Waals surface area (Å²) in [5, 5.41) is 9.76. The van der Waals surface area contributed by atoms with E-state index in [2.05, 4.69) is 34.6 Å². The van der Waals surface area contributed by atoms with Crippen molar-refractivity contribution in [2.45, 2.75) is 47.1 Å². The molecule has 0 aromatic rings. The Morgan fingerprint density at radius 3 is 1.64 bits per heavy atom. The van der Waals surface area contributed by atoms with Crippen LogP contribution < -0.4 is 0 Å². The summed E-state index contributed by atoms with van der Waals surface area (Å²) in [6.45, 7) is 11.1. The van der Waals surface area contributed by atoms with Gasteiger partial charge in [-0.3, -0.25) is 0 Å². The van der Waals surface area contributed by atoms with Crippen LogP contribution in [0.25, 0.3) is 0 Å². The molecule has 1 aliphatic carbocycles. The van der Waals surface area contributed by atoms with E-state index >= 15 is 0 Å². The van der Waals surface area contributed by atoms with Crippen molar-refractivity contribution < 1.29 is 5.11 Å². The zero-order chi connectivity index (χ0) is 8.86. The number of rotatable bonds is 0. The molecule has 0 amide bonds. The molecule has 0 saturated heterocycles. The van der Waals surface area contributed by atoms with Crippen molar-refractivity contribution in [1.82, 2.24) is 0 Å². The Hall–Kier alpha value is -0.0400. The summed E-state index contributed by atoms with van der Waals surface area (Å²) in [5.74, 6) is 0.632. The van der Waals surface area contributed by atoms with Crippen LogP contribution in [0.5, 0.6) is 0 Å². The van der Waals surface area contributed by atoms with Gasteiger partial charge in [-0.1, -0.05) is 34.6 Å². The van der Waals surface area contributed by atoms with E-state index in [1.807, 2.05) is 0 Å². The second-order valence-electron chi connectivity index (χ2n) is 5.10. The molecular formula is C10H20O. The minimum atomic E-state index is -0.118. The average molecular weight is 156 g/mol. The SMILES string of the molecule is CC1C[C@@H](O)C(C)(C)C1(C)C. The lowest BCUT2D eigenvalue weighted by atomic mass is 9.67. The smallest absolute Gasteiger partial charge is 0.0599 e. The first-order valence-corrected chi connectivity index (χ1v) is 4.48. The standard InChI is InChI=1S/C10H20O/c1-7-6-8(11)10(4,5)9(7,2)3/h7-8,11H,6H2,1-5H3/t7?,8-/m1/s1. The van der Waals surface area contributed by atoms with Crippen LogP contribution in [0.1, 0.15) is 41.0 Å². The van der Waals surface area contributed by atoms with E-state index in [4.69, 9.17) is 0 Å². The largest absolute Gasteiger partial charge is 0.393 e. The average Bonchev–Trinajstić information content (AvgIpc) is 1.95. The highest BCUT2D eigenvalue weighted by Gasteiger charge is 2.52. The minimum absolute atomic E-state index is 0.0758. The first kappa shape index (κ1) is 9.05. The Bertz CT molecular complexity index is 140. The van der Waals surface area contributed by atoms with Gasteiger partial charge in [-0.15, -0.1) is 0 Å². The third kappa shape index (κ3) is 1.01. The van der Waals surface area contributed by atoms with Gasteiger partial charge in [-0.2, -0.15) is 0 Å². The Balaban J connectivity index is 2.95. The van der Waals surface area contributed by atoms with Gasteiger partial charge in [0.2, 0.25) is 0 Å². The Kier molecular flexibility index (Phi) is 1.83. The van der Waals surface area contributed by atoms with E-state index in [0.29, 0.717) is 5.92 Å². The van der Waals surface area contributed by atoms with E-state index in [9.17, 15) is 5.11 Å². The van der Waals surface area contributed by atoms with Gasteiger partial charge in [0.1, 0.15) is 0 Å². The quantitative estimate of drug-likeness (QED) is 0.571. The van der Waals surface area contributed by atoms with Crippen LogP contribution in [0.15, 0.2) is 0 Å². The highest BCUT2D eigenvalue weighted by atomic mass is 16.3. The molecule has 1 N–H and O–H groups in total. The lowest BCUT2D eigenvalue weighted by Crippen LogP contribution is -2.36. The van der Waals surface area contributed by atoms with Crippen LogP contribution in [0.2, 0.25) is 0 Å². The van der Waals surface area contributed by atoms with Crippen molar-refractivity contribution >= 4 is 0 Å². The van der Waals surface area contributed by atoms with Crippen LogP contribution >= 0.6 is 0 Å². The summed E-state index contributed by atoms with van der Waals surface area (Å²) in [6.07, 6.45) is 0.840. The van der Waals surface area contributed by atoms with Crippen molar-refractivity contribution in [3.63, 3.8) is 0 Å². The maximum absolute atomic E-state index is 9.76. The number of hydrogen-bond acceptors (Lipinski definition) is 1. The second kappa shape index (κ2) is 2.22. The maximum Gasteiger partial charge on any atom is 0.0599 e. The molecule has 1 rings (SSSR count). The molecule has 0 aromatic heterocycles. The Morgan fingerprint density at radius 1 is 1.09 bits per heavy atom. The fourth-order valence-corrected chi connectivity index (χ4v) is 1.99. The number of hydrogen-bond donors (Lipinski definition) is 1. The van der Waals surface area contributed by atoms with Gasteiger partial charge in [0.15, 0.2) is 0 Å². The van der Waals surface area contributed by atoms with Gasteiger partial charge in [-0.05, 0) is 23.2 Å². The lowest BCUT2D eigenvalue weighted by molar-refractivity contribution is 0.0148. The van der Waals surface area contributed by atoms with Crippen molar-refractivity contribution in [2.24, 2.45) is 16.7 Å². The van der Waals surface area contributed by atoms with Crippen molar-refractivity contribution in [1.29, 1.82) is 0 Å². The topological polar surface area (TPSA) is 20.2 Å². The minimum Gasteiger partial charge on any atom is -0.393 e. The van der Waals surface area contributed by atoms with E-state index in [1.165, 1.54) is 0 Å². The molecule has 1 fully saturated rings. The number of aliphatic hydroxyl groups is 1. The fourth-order valence-electron chi connectivity index (χ4n) is 1.99.